The highest BCUT2D eigenvalue weighted by molar-refractivity contribution is 8.06. The molecule has 4 nitrogen and oxygen atoms in total. The van der Waals surface area contributed by atoms with Crippen LogP contribution in [0.2, 0.25) is 0 Å². The van der Waals surface area contributed by atoms with Crippen LogP contribution >= 0.6 is 23.4 Å². The molecule has 1 aliphatic heterocycles. The lowest BCUT2D eigenvalue weighted by molar-refractivity contribution is -0.0326. The van der Waals surface area contributed by atoms with Crippen LogP contribution in [0.5, 0.6) is 0 Å². The van der Waals surface area contributed by atoms with E-state index in [-0.39, 0.29) is 10.5 Å². The minimum absolute atomic E-state index is 0.0981. The van der Waals surface area contributed by atoms with Gasteiger partial charge in [0.25, 0.3) is 0 Å². The Bertz CT molecular complexity index is 427. The molecule has 2 unspecified atom stereocenters. The van der Waals surface area contributed by atoms with Gasteiger partial charge in [-0.05, 0) is 12.5 Å². The Morgan fingerprint density at radius 1 is 1.72 bits per heavy atom. The van der Waals surface area contributed by atoms with Crippen LogP contribution in [0.15, 0.2) is 34.3 Å². The highest BCUT2D eigenvalue weighted by Crippen LogP contribution is 2.42. The van der Waals surface area contributed by atoms with Crippen LogP contribution in [0.4, 0.5) is 4.48 Å². The van der Waals surface area contributed by atoms with Crippen LogP contribution in [0.1, 0.15) is 13.3 Å². The number of hydrogen-bond donors (Lipinski definition) is 1. The van der Waals surface area contributed by atoms with E-state index in [0.29, 0.717) is 15.7 Å². The fourth-order valence-corrected chi connectivity index (χ4v) is 4.42. The maximum Gasteiger partial charge on any atom is 0.171 e. The molecule has 18 heavy (non-hydrogen) atoms. The van der Waals surface area contributed by atoms with Crippen LogP contribution < -0.4 is 0 Å². The first-order chi connectivity index (χ1) is 8.51. The van der Waals surface area contributed by atoms with Gasteiger partial charge in [-0.2, -0.15) is 4.41 Å². The van der Waals surface area contributed by atoms with E-state index in [1.54, 1.807) is 0 Å². The number of hydrogen-bond acceptors (Lipinski definition) is 4. The minimum atomic E-state index is -1.77. The second-order valence-electron chi connectivity index (χ2n) is 3.36. The van der Waals surface area contributed by atoms with Crippen molar-refractivity contribution < 1.29 is 8.69 Å². The van der Waals surface area contributed by atoms with Crippen molar-refractivity contribution in [3.05, 3.63) is 34.3 Å². The lowest BCUT2D eigenvalue weighted by Crippen LogP contribution is -2.31. The van der Waals surface area contributed by atoms with Gasteiger partial charge in [0.1, 0.15) is 0 Å². The molecule has 1 rings (SSSR count). The Kier molecular flexibility index (Phi) is 5.90. The molecule has 0 bridgehead atoms. The zero-order valence-electron chi connectivity index (χ0n) is 9.68. The molecule has 0 saturated carbocycles. The fraction of sp³-hybridized carbons (Fsp3) is 0.300. The predicted molar refractivity (Wildman–Crippen MR) is 75.6 cm³/mol. The summed E-state index contributed by atoms with van der Waals surface area (Å²) in [5.74, 6) is 0. The van der Waals surface area contributed by atoms with Gasteiger partial charge in [-0.3, -0.25) is 0 Å². The normalized spacial score (nSPS) is 21.2. The molecule has 0 amide bonds. The van der Waals surface area contributed by atoms with Crippen molar-refractivity contribution in [3.63, 3.8) is 0 Å². The Hall–Kier alpha value is -0.790. The van der Waals surface area contributed by atoms with Crippen LogP contribution in [0.3, 0.4) is 0 Å². The third-order valence-corrected chi connectivity index (χ3v) is 5.20. The monoisotopic (exact) mass is 309 g/mol. The number of nitrogens with one attached hydrogen (secondary N) is 1. The van der Waals surface area contributed by atoms with E-state index < -0.39 is 11.0 Å². The Labute approximate surface area is 117 Å². The van der Waals surface area contributed by atoms with Crippen molar-refractivity contribution in [1.82, 2.24) is 9.65 Å². The van der Waals surface area contributed by atoms with Crippen molar-refractivity contribution in [3.8, 4) is 0 Å². The van der Waals surface area contributed by atoms with Gasteiger partial charge >= 0.3 is 0 Å². The number of allylic oxidation sites excluding steroid dienone is 2. The van der Waals surface area contributed by atoms with Gasteiger partial charge in [-0.15, -0.1) is 17.0 Å². The molecule has 0 saturated heterocycles. The van der Waals surface area contributed by atoms with Gasteiger partial charge in [0.05, 0.1) is 15.5 Å². The second-order valence-corrected chi connectivity index (χ2v) is 6.78. The summed E-state index contributed by atoms with van der Waals surface area (Å²) in [5, 5.41) is 7.19. The highest BCUT2D eigenvalue weighted by atomic mass is 35.5. The van der Waals surface area contributed by atoms with E-state index in [4.69, 9.17) is 17.0 Å². The third-order valence-electron chi connectivity index (χ3n) is 2.03. The van der Waals surface area contributed by atoms with Gasteiger partial charge in [0, 0.05) is 17.7 Å². The molecule has 0 aromatic carbocycles. The zero-order valence-corrected chi connectivity index (χ0v) is 12.1. The highest BCUT2D eigenvalue weighted by Gasteiger charge is 2.29. The smallest absolute Gasteiger partial charge is 0.171 e. The van der Waals surface area contributed by atoms with Crippen molar-refractivity contribution in [2.24, 2.45) is 0 Å². The molecule has 100 valence electrons. The molecule has 1 heterocycles. The lowest BCUT2D eigenvalue weighted by atomic mass is 10.3. The van der Waals surface area contributed by atoms with Gasteiger partial charge in [-0.1, -0.05) is 29.6 Å². The van der Waals surface area contributed by atoms with Crippen LogP contribution in [-0.4, -0.2) is 25.3 Å². The molecule has 2 atom stereocenters. The molecular weight excluding hydrogens is 297 g/mol. The molecule has 8 heteroatoms. The maximum absolute atomic E-state index is 13.5. The zero-order chi connectivity index (χ0) is 13.7. The van der Waals surface area contributed by atoms with Crippen LogP contribution in [-0.2, 0) is 11.0 Å². The fourth-order valence-electron chi connectivity index (χ4n) is 1.27. The summed E-state index contributed by atoms with van der Waals surface area (Å²) < 4.78 is 27.0. The Morgan fingerprint density at radius 2 is 2.39 bits per heavy atom. The molecule has 1 aliphatic rings. The van der Waals surface area contributed by atoms with E-state index in [0.717, 1.165) is 16.8 Å². The first kappa shape index (κ1) is 15.3. The number of hydrazine groups is 1. The Balaban J connectivity index is 2.96. The lowest BCUT2D eigenvalue weighted by Gasteiger charge is -2.23. The summed E-state index contributed by atoms with van der Waals surface area (Å²) in [4.78, 5) is 0.480. The predicted octanol–water partition coefficient (Wildman–Crippen LogP) is 3.29. The maximum atomic E-state index is 13.5. The van der Waals surface area contributed by atoms with E-state index in [9.17, 15) is 8.69 Å². The van der Waals surface area contributed by atoms with Gasteiger partial charge in [0.15, 0.2) is 11.0 Å². The quantitative estimate of drug-likeness (QED) is 0.465. The van der Waals surface area contributed by atoms with Gasteiger partial charge in [0.2, 0.25) is 0 Å². The van der Waals surface area contributed by atoms with E-state index in [1.807, 2.05) is 6.92 Å². The molecular formula is C10H13ClFN3OS2. The standard InChI is InChI=1S/C10H13ClFN3OS2/c1-3-14(12)15(6-4-5-13)18(16)9-7-8(2)17-10(9)11/h3-6,8,13H,1,7H2,2H3/b6-4-,13-5?. The van der Waals surface area contributed by atoms with Crippen molar-refractivity contribution in [2.45, 2.75) is 18.6 Å². The summed E-state index contributed by atoms with van der Waals surface area (Å²) in [7, 11) is -1.77. The van der Waals surface area contributed by atoms with E-state index in [2.05, 4.69) is 6.58 Å². The second kappa shape index (κ2) is 6.96. The molecule has 0 radical (unpaired) electrons. The number of nitrogens with zero attached hydrogens (tertiary/aromatic N) is 2. The van der Waals surface area contributed by atoms with Crippen molar-refractivity contribution in [2.75, 3.05) is 0 Å². The topological polar surface area (TPSA) is 47.4 Å². The van der Waals surface area contributed by atoms with E-state index in [1.165, 1.54) is 24.0 Å². The summed E-state index contributed by atoms with van der Waals surface area (Å²) in [5.41, 5.74) is 0. The SMILES string of the molecule is C=CN(F)N(/C=C\C=N)S(=O)C1=C(Cl)SC(C)C1. The molecule has 1 N–H and O–H groups in total. The van der Waals surface area contributed by atoms with Gasteiger partial charge < -0.3 is 5.41 Å². The first-order valence-corrected chi connectivity index (χ1v) is 7.38. The third kappa shape index (κ3) is 3.60. The van der Waals surface area contributed by atoms with Gasteiger partial charge in [-0.25, -0.2) is 4.21 Å². The molecule has 0 aromatic rings. The Morgan fingerprint density at radius 3 is 2.83 bits per heavy atom. The summed E-state index contributed by atoms with van der Waals surface area (Å²) in [6.07, 6.45) is 4.83. The van der Waals surface area contributed by atoms with Crippen molar-refractivity contribution in [1.29, 1.82) is 5.41 Å². The molecule has 0 aliphatic carbocycles. The first-order valence-electron chi connectivity index (χ1n) is 5.02. The van der Waals surface area contributed by atoms with Crippen LogP contribution in [0.25, 0.3) is 0 Å². The molecule has 0 spiro atoms. The van der Waals surface area contributed by atoms with Crippen molar-refractivity contribution >= 4 is 40.6 Å². The summed E-state index contributed by atoms with van der Waals surface area (Å²) in [6, 6.07) is 0. The average molecular weight is 310 g/mol. The summed E-state index contributed by atoms with van der Waals surface area (Å²) in [6.45, 7) is 5.22. The van der Waals surface area contributed by atoms with E-state index >= 15 is 0 Å². The summed E-state index contributed by atoms with van der Waals surface area (Å²) >= 11 is 7.39. The molecule has 0 fully saturated rings. The number of rotatable bonds is 6. The minimum Gasteiger partial charge on any atom is -0.309 e. The van der Waals surface area contributed by atoms with Crippen LogP contribution in [0, 0.1) is 5.41 Å². The number of halogens is 2. The average Bonchev–Trinajstić information content (AvgIpc) is 2.68. The number of thioether (sulfide) groups is 1. The largest absolute Gasteiger partial charge is 0.309 e. The molecule has 0 aromatic heterocycles.